The average Bonchev–Trinajstić information content (AvgIpc) is 4.09. The Balaban J connectivity index is 1.15. The van der Waals surface area contributed by atoms with E-state index in [0.717, 1.165) is 6.42 Å². The van der Waals surface area contributed by atoms with Crippen LogP contribution in [0.3, 0.4) is 0 Å². The van der Waals surface area contributed by atoms with Crippen molar-refractivity contribution in [3.8, 4) is 33.4 Å². The van der Waals surface area contributed by atoms with Gasteiger partial charge in [0.15, 0.2) is 0 Å². The van der Waals surface area contributed by atoms with Crippen molar-refractivity contribution in [2.75, 3.05) is 4.90 Å². The number of hydrogen-bond acceptors (Lipinski definition) is 1. The Morgan fingerprint density at radius 1 is 0.365 bits per heavy atom. The Bertz CT molecular complexity index is 3630. The Labute approximate surface area is 370 Å². The number of rotatable bonds is 4. The lowest BCUT2D eigenvalue weighted by Gasteiger charge is -2.33. The van der Waals surface area contributed by atoms with Gasteiger partial charge in [0, 0.05) is 27.5 Å². The molecule has 0 aromatic heterocycles. The molecule has 302 valence electrons. The van der Waals surface area contributed by atoms with Crippen LogP contribution in [0.15, 0.2) is 152 Å². The van der Waals surface area contributed by atoms with Gasteiger partial charge in [0.25, 0.3) is 0 Å². The van der Waals surface area contributed by atoms with Gasteiger partial charge >= 0.3 is 0 Å². The van der Waals surface area contributed by atoms with E-state index in [1.165, 1.54) is 148 Å². The van der Waals surface area contributed by atoms with Gasteiger partial charge in [0.1, 0.15) is 0 Å². The fourth-order valence-electron chi connectivity index (χ4n) is 13.3. The second kappa shape index (κ2) is 12.5. The maximum absolute atomic E-state index is 2.71. The van der Waals surface area contributed by atoms with Gasteiger partial charge in [-0.25, -0.2) is 0 Å². The fourth-order valence-corrected chi connectivity index (χ4v) is 13.3. The SMILES string of the molecule is CC1(C)c2ccccc2-c2ccc(N(c3cc4c(cc3-c3cc5c(c6c3CCC6)CCC5)-c3ccccc3C4(C)C)c3ccc4cccc5c6cccc7cccc(c3c45)c76)cc21. The van der Waals surface area contributed by atoms with Gasteiger partial charge in [-0.15, -0.1) is 0 Å². The molecular formula is C62H49N. The van der Waals surface area contributed by atoms with Crippen LogP contribution >= 0.6 is 0 Å². The normalized spacial score (nSPS) is 16.1. The van der Waals surface area contributed by atoms with Gasteiger partial charge < -0.3 is 4.90 Å². The molecule has 0 saturated heterocycles. The maximum Gasteiger partial charge on any atom is 0.0547 e. The minimum atomic E-state index is -0.165. The minimum absolute atomic E-state index is 0.145. The maximum atomic E-state index is 2.71. The molecule has 4 aliphatic carbocycles. The standard InChI is InChI=1S/C62H49N/c1-61(2)52-26-7-5-18-43(52)45-30-29-39(33-54(45)61)63(56-31-28-37-16-10-24-47-46-23-9-14-36-15-11-25-48(58(36)46)60(56)59(37)47)57-35-55-50(44-19-6-8-27-53(44)62(55,3)4)34-51(57)49-32-38-17-12-20-40(38)41-21-13-22-42(41)49/h5-11,14-16,18-19,23-35H,12-13,17,20-22H2,1-4H3. The lowest BCUT2D eigenvalue weighted by Crippen LogP contribution is -2.19. The van der Waals surface area contributed by atoms with Gasteiger partial charge in [0.05, 0.1) is 11.4 Å². The van der Waals surface area contributed by atoms with E-state index >= 15 is 0 Å². The molecule has 0 radical (unpaired) electrons. The molecule has 0 aliphatic heterocycles. The van der Waals surface area contributed by atoms with E-state index in [0.29, 0.717) is 0 Å². The lowest BCUT2D eigenvalue weighted by molar-refractivity contribution is 0.660. The van der Waals surface area contributed by atoms with Crippen molar-refractivity contribution in [1.29, 1.82) is 0 Å². The van der Waals surface area contributed by atoms with Gasteiger partial charge in [-0.1, -0.05) is 149 Å². The minimum Gasteiger partial charge on any atom is -0.309 e. The van der Waals surface area contributed by atoms with Crippen LogP contribution in [0.1, 0.15) is 85.0 Å². The monoisotopic (exact) mass is 807 g/mol. The van der Waals surface area contributed by atoms with Crippen molar-refractivity contribution < 1.29 is 0 Å². The zero-order valence-corrected chi connectivity index (χ0v) is 36.6. The highest BCUT2D eigenvalue weighted by atomic mass is 15.1. The van der Waals surface area contributed by atoms with Crippen LogP contribution < -0.4 is 4.90 Å². The topological polar surface area (TPSA) is 3.24 Å². The quantitative estimate of drug-likeness (QED) is 0.126. The molecule has 0 atom stereocenters. The summed E-state index contributed by atoms with van der Waals surface area (Å²) in [5.74, 6) is 0. The molecule has 14 rings (SSSR count). The van der Waals surface area contributed by atoms with Crippen molar-refractivity contribution in [2.24, 2.45) is 0 Å². The highest BCUT2D eigenvalue weighted by molar-refractivity contribution is 6.35. The van der Waals surface area contributed by atoms with E-state index < -0.39 is 0 Å². The third kappa shape index (κ3) is 4.68. The van der Waals surface area contributed by atoms with E-state index in [1.807, 2.05) is 0 Å². The molecule has 0 unspecified atom stereocenters. The number of anilines is 3. The highest BCUT2D eigenvalue weighted by Crippen LogP contribution is 2.58. The van der Waals surface area contributed by atoms with Crippen LogP contribution in [0.2, 0.25) is 0 Å². The first-order valence-electron chi connectivity index (χ1n) is 23.4. The number of benzene rings is 10. The molecule has 10 aromatic carbocycles. The van der Waals surface area contributed by atoms with Crippen molar-refractivity contribution in [3.05, 3.63) is 196 Å². The summed E-state index contributed by atoms with van der Waals surface area (Å²) < 4.78 is 0. The Morgan fingerprint density at radius 2 is 0.968 bits per heavy atom. The molecule has 0 amide bonds. The summed E-state index contributed by atoms with van der Waals surface area (Å²) in [5.41, 5.74) is 23.8. The van der Waals surface area contributed by atoms with Gasteiger partial charge in [-0.2, -0.15) is 0 Å². The molecule has 4 aliphatic rings. The van der Waals surface area contributed by atoms with E-state index in [4.69, 9.17) is 0 Å². The molecule has 1 heteroatoms. The van der Waals surface area contributed by atoms with Crippen LogP contribution in [0.25, 0.3) is 76.5 Å². The van der Waals surface area contributed by atoms with E-state index in [-0.39, 0.29) is 10.8 Å². The average molecular weight is 808 g/mol. The third-order valence-electron chi connectivity index (χ3n) is 16.3. The van der Waals surface area contributed by atoms with Crippen LogP contribution in [-0.4, -0.2) is 0 Å². The Hall–Kier alpha value is -6.70. The number of nitrogens with zero attached hydrogens (tertiary/aromatic N) is 1. The van der Waals surface area contributed by atoms with Gasteiger partial charge in [-0.05, 0) is 179 Å². The predicted octanol–water partition coefficient (Wildman–Crippen LogP) is 16.5. The molecule has 0 heterocycles. The first-order chi connectivity index (χ1) is 30.8. The first-order valence-corrected chi connectivity index (χ1v) is 23.4. The highest BCUT2D eigenvalue weighted by Gasteiger charge is 2.40. The fraction of sp³-hybridized carbons (Fsp3) is 0.194. The lowest BCUT2D eigenvalue weighted by atomic mass is 9.80. The van der Waals surface area contributed by atoms with Gasteiger partial charge in [0.2, 0.25) is 0 Å². The molecular weight excluding hydrogens is 759 g/mol. The zero-order valence-electron chi connectivity index (χ0n) is 36.6. The van der Waals surface area contributed by atoms with Crippen LogP contribution in [-0.2, 0) is 36.5 Å². The van der Waals surface area contributed by atoms with E-state index in [2.05, 4.69) is 184 Å². The molecule has 63 heavy (non-hydrogen) atoms. The predicted molar refractivity (Wildman–Crippen MR) is 267 cm³/mol. The van der Waals surface area contributed by atoms with Crippen LogP contribution in [0.4, 0.5) is 17.1 Å². The summed E-state index contributed by atoms with van der Waals surface area (Å²) >= 11 is 0. The molecule has 0 bridgehead atoms. The number of hydrogen-bond donors (Lipinski definition) is 0. The summed E-state index contributed by atoms with van der Waals surface area (Å²) in [6.45, 7) is 9.72. The smallest absolute Gasteiger partial charge is 0.0547 e. The number of aryl methyl sites for hydroxylation is 1. The number of fused-ring (bicyclic) bond motifs is 11. The summed E-state index contributed by atoms with van der Waals surface area (Å²) in [6.07, 6.45) is 7.25. The van der Waals surface area contributed by atoms with Crippen molar-refractivity contribution >= 4 is 60.2 Å². The van der Waals surface area contributed by atoms with Crippen molar-refractivity contribution in [3.63, 3.8) is 0 Å². The first kappa shape index (κ1) is 35.9. The molecule has 0 fully saturated rings. The zero-order chi connectivity index (χ0) is 41.9. The summed E-state index contributed by atoms with van der Waals surface area (Å²) in [7, 11) is 0. The van der Waals surface area contributed by atoms with E-state index in [1.54, 1.807) is 22.3 Å². The molecule has 1 nitrogen and oxygen atoms in total. The largest absolute Gasteiger partial charge is 0.309 e. The second-order valence-electron chi connectivity index (χ2n) is 20.1. The Kier molecular flexibility index (Phi) is 7.10. The molecule has 0 N–H and O–H groups in total. The molecule has 0 saturated carbocycles. The molecule has 10 aromatic rings. The summed E-state index contributed by atoms with van der Waals surface area (Å²) in [5, 5.41) is 10.5. The summed E-state index contributed by atoms with van der Waals surface area (Å²) in [4.78, 5) is 2.71. The summed E-state index contributed by atoms with van der Waals surface area (Å²) in [6, 6.07) is 59.2. The van der Waals surface area contributed by atoms with Crippen LogP contribution in [0.5, 0.6) is 0 Å². The van der Waals surface area contributed by atoms with Crippen molar-refractivity contribution in [2.45, 2.75) is 77.0 Å². The van der Waals surface area contributed by atoms with Crippen LogP contribution in [0, 0.1) is 0 Å². The van der Waals surface area contributed by atoms with E-state index in [9.17, 15) is 0 Å². The van der Waals surface area contributed by atoms with Crippen molar-refractivity contribution in [1.82, 2.24) is 0 Å². The Morgan fingerprint density at radius 3 is 1.73 bits per heavy atom. The third-order valence-corrected chi connectivity index (χ3v) is 16.3. The second-order valence-corrected chi connectivity index (χ2v) is 20.1. The van der Waals surface area contributed by atoms with Gasteiger partial charge in [-0.3, -0.25) is 0 Å². The molecule has 0 spiro atoms.